The minimum atomic E-state index is -3.83. The van der Waals surface area contributed by atoms with Crippen molar-refractivity contribution in [2.24, 2.45) is 0 Å². The molecule has 2 rings (SSSR count). The van der Waals surface area contributed by atoms with Crippen LogP contribution in [0.3, 0.4) is 0 Å². The van der Waals surface area contributed by atoms with E-state index in [4.69, 9.17) is 9.63 Å². The fourth-order valence-corrected chi connectivity index (χ4v) is 2.58. The summed E-state index contributed by atoms with van der Waals surface area (Å²) in [6.07, 6.45) is 1.30. The van der Waals surface area contributed by atoms with Crippen LogP contribution >= 0.6 is 0 Å². The number of carboxylic acid groups (broad SMARTS) is 1. The van der Waals surface area contributed by atoms with Crippen LogP contribution in [0, 0.1) is 6.92 Å². The average Bonchev–Trinajstić information content (AvgIpc) is 2.73. The molecule has 0 aliphatic carbocycles. The van der Waals surface area contributed by atoms with Gasteiger partial charge in [0.1, 0.15) is 22.8 Å². The van der Waals surface area contributed by atoms with E-state index in [0.29, 0.717) is 5.76 Å². The number of hydrogen-bond donors (Lipinski definition) is 2. The summed E-state index contributed by atoms with van der Waals surface area (Å²) in [7, 11) is -3.83. The molecule has 106 valence electrons. The molecule has 0 saturated heterocycles. The van der Waals surface area contributed by atoms with E-state index >= 15 is 0 Å². The summed E-state index contributed by atoms with van der Waals surface area (Å²) in [6, 6.07) is 4.14. The molecule has 8 nitrogen and oxygen atoms in total. The highest BCUT2D eigenvalue weighted by Crippen LogP contribution is 2.15. The summed E-state index contributed by atoms with van der Waals surface area (Å²) < 4.78 is 30.8. The molecular weight excluding hydrogens is 286 g/mol. The Morgan fingerprint density at radius 1 is 1.50 bits per heavy atom. The number of hydrogen-bond acceptors (Lipinski definition) is 6. The molecule has 2 N–H and O–H groups in total. The van der Waals surface area contributed by atoms with Gasteiger partial charge in [-0.25, -0.2) is 18.2 Å². The Bertz CT molecular complexity index is 738. The van der Waals surface area contributed by atoms with Crippen LogP contribution in [-0.4, -0.2) is 29.6 Å². The molecule has 2 aromatic rings. The van der Waals surface area contributed by atoms with Crippen LogP contribution in [0.25, 0.3) is 0 Å². The van der Waals surface area contributed by atoms with Gasteiger partial charge in [-0.1, -0.05) is 5.16 Å². The molecule has 0 spiro atoms. The van der Waals surface area contributed by atoms with E-state index < -0.39 is 21.7 Å². The summed E-state index contributed by atoms with van der Waals surface area (Å²) in [5.74, 6) is -1.45. The van der Waals surface area contributed by atoms with Crippen LogP contribution in [0.5, 0.6) is 0 Å². The van der Waals surface area contributed by atoms with Crippen molar-refractivity contribution in [2.75, 3.05) is 4.72 Å². The number of carboxylic acids is 1. The maximum absolute atomic E-state index is 11.9. The molecule has 0 aliphatic rings. The minimum absolute atomic E-state index is 0.225. The number of aromatic nitrogens is 2. The number of aryl methyl sites for hydroxylation is 1. The Kier molecular flexibility index (Phi) is 3.70. The van der Waals surface area contributed by atoms with E-state index in [1.54, 1.807) is 6.92 Å². The van der Waals surface area contributed by atoms with Gasteiger partial charge in [-0.05, 0) is 19.1 Å². The minimum Gasteiger partial charge on any atom is -0.478 e. The van der Waals surface area contributed by atoms with Gasteiger partial charge in [0.15, 0.2) is 5.82 Å². The first-order valence-corrected chi connectivity index (χ1v) is 7.13. The maximum atomic E-state index is 11.9. The second-order valence-electron chi connectivity index (χ2n) is 3.99. The summed E-state index contributed by atoms with van der Waals surface area (Å²) in [5.41, 5.74) is -0.00443. The number of sulfonamides is 1. The predicted molar refractivity (Wildman–Crippen MR) is 68.7 cm³/mol. The highest BCUT2D eigenvalue weighted by molar-refractivity contribution is 7.91. The van der Waals surface area contributed by atoms with E-state index in [0.717, 1.165) is 0 Å². The van der Waals surface area contributed by atoms with Crippen LogP contribution in [0.2, 0.25) is 0 Å². The Labute approximate surface area is 114 Å². The van der Waals surface area contributed by atoms with Gasteiger partial charge in [0.05, 0.1) is 0 Å². The van der Waals surface area contributed by atoms with Crippen molar-refractivity contribution in [3.63, 3.8) is 0 Å². The second-order valence-corrected chi connectivity index (χ2v) is 5.72. The number of nitrogens with one attached hydrogen (secondary N) is 1. The number of pyridine rings is 1. The molecule has 0 atom stereocenters. The van der Waals surface area contributed by atoms with E-state index in [1.807, 2.05) is 0 Å². The first-order chi connectivity index (χ1) is 9.37. The van der Waals surface area contributed by atoms with Crippen molar-refractivity contribution in [1.82, 2.24) is 10.1 Å². The monoisotopic (exact) mass is 297 g/mol. The van der Waals surface area contributed by atoms with E-state index in [2.05, 4.69) is 14.9 Å². The van der Waals surface area contributed by atoms with Crippen molar-refractivity contribution in [1.29, 1.82) is 0 Å². The molecule has 20 heavy (non-hydrogen) atoms. The van der Waals surface area contributed by atoms with Gasteiger partial charge in [-0.2, -0.15) is 0 Å². The van der Waals surface area contributed by atoms with Crippen LogP contribution in [0.15, 0.2) is 28.9 Å². The number of nitrogens with zero attached hydrogens (tertiary/aromatic N) is 2. The van der Waals surface area contributed by atoms with Crippen molar-refractivity contribution < 1.29 is 22.8 Å². The molecule has 2 aromatic heterocycles. The summed E-state index contributed by atoms with van der Waals surface area (Å²) in [6.45, 7) is 1.64. The van der Waals surface area contributed by atoms with Crippen LogP contribution < -0.4 is 4.72 Å². The van der Waals surface area contributed by atoms with Crippen molar-refractivity contribution in [2.45, 2.75) is 12.7 Å². The predicted octanol–water partition coefficient (Wildman–Crippen LogP) is 1.02. The van der Waals surface area contributed by atoms with Crippen LogP contribution in [0.4, 0.5) is 5.82 Å². The highest BCUT2D eigenvalue weighted by Gasteiger charge is 2.19. The largest absolute Gasteiger partial charge is 0.478 e. The topological polar surface area (TPSA) is 122 Å². The third-order valence-electron chi connectivity index (χ3n) is 2.30. The van der Waals surface area contributed by atoms with Crippen molar-refractivity contribution >= 4 is 21.8 Å². The van der Waals surface area contributed by atoms with Gasteiger partial charge in [-0.3, -0.25) is 4.72 Å². The molecule has 0 fully saturated rings. The standard InChI is InChI=1S/C11H11N3O5S/c1-7-5-8(13-19-7)6-20(17,18)14-10-9(11(15)16)3-2-4-12-10/h2-5H,6H2,1H3,(H,12,14)(H,15,16). The molecular formula is C11H11N3O5S. The fourth-order valence-electron chi connectivity index (χ4n) is 1.52. The van der Waals surface area contributed by atoms with Crippen LogP contribution in [0.1, 0.15) is 21.8 Å². The number of carbonyl (C=O) groups is 1. The quantitative estimate of drug-likeness (QED) is 0.844. The lowest BCUT2D eigenvalue weighted by atomic mass is 10.3. The van der Waals surface area contributed by atoms with Gasteiger partial charge >= 0.3 is 5.97 Å². The van der Waals surface area contributed by atoms with Gasteiger partial charge in [-0.15, -0.1) is 0 Å². The Balaban J connectivity index is 2.22. The third kappa shape index (κ3) is 3.32. The first-order valence-electron chi connectivity index (χ1n) is 5.48. The summed E-state index contributed by atoms with van der Waals surface area (Å²) in [4.78, 5) is 14.7. The van der Waals surface area contributed by atoms with Gasteiger partial charge in [0, 0.05) is 12.3 Å². The van der Waals surface area contributed by atoms with Gasteiger partial charge in [0.2, 0.25) is 10.0 Å². The number of aromatic carboxylic acids is 1. The lowest BCUT2D eigenvalue weighted by molar-refractivity contribution is 0.0697. The first kappa shape index (κ1) is 14.0. The molecule has 0 bridgehead atoms. The highest BCUT2D eigenvalue weighted by atomic mass is 32.2. The van der Waals surface area contributed by atoms with Gasteiger partial charge < -0.3 is 9.63 Å². The molecule has 0 aromatic carbocycles. The molecule has 0 saturated carbocycles. The number of anilines is 1. The van der Waals surface area contributed by atoms with Crippen molar-refractivity contribution in [3.05, 3.63) is 41.4 Å². The third-order valence-corrected chi connectivity index (χ3v) is 3.49. The second kappa shape index (κ2) is 5.29. The summed E-state index contributed by atoms with van der Waals surface area (Å²) >= 11 is 0. The maximum Gasteiger partial charge on any atom is 0.339 e. The normalized spacial score (nSPS) is 11.2. The molecule has 0 unspecified atom stereocenters. The SMILES string of the molecule is Cc1cc(CS(=O)(=O)Nc2ncccc2C(=O)O)no1. The van der Waals surface area contributed by atoms with E-state index in [-0.39, 0.29) is 17.1 Å². The van der Waals surface area contributed by atoms with Crippen LogP contribution in [-0.2, 0) is 15.8 Å². The molecule has 0 radical (unpaired) electrons. The number of rotatable bonds is 5. The average molecular weight is 297 g/mol. The lowest BCUT2D eigenvalue weighted by Gasteiger charge is -2.07. The zero-order valence-corrected chi connectivity index (χ0v) is 11.2. The fraction of sp³-hybridized carbons (Fsp3) is 0.182. The molecule has 0 aliphatic heterocycles. The Morgan fingerprint density at radius 2 is 2.25 bits per heavy atom. The van der Waals surface area contributed by atoms with Crippen molar-refractivity contribution in [3.8, 4) is 0 Å². The Morgan fingerprint density at radius 3 is 2.85 bits per heavy atom. The van der Waals surface area contributed by atoms with E-state index in [1.165, 1.54) is 24.4 Å². The van der Waals surface area contributed by atoms with E-state index in [9.17, 15) is 13.2 Å². The molecule has 9 heteroatoms. The van der Waals surface area contributed by atoms with Gasteiger partial charge in [0.25, 0.3) is 0 Å². The zero-order valence-electron chi connectivity index (χ0n) is 10.4. The Hall–Kier alpha value is -2.42. The smallest absolute Gasteiger partial charge is 0.339 e. The lowest BCUT2D eigenvalue weighted by Crippen LogP contribution is -2.18. The summed E-state index contributed by atoms with van der Waals surface area (Å²) in [5, 5.41) is 12.5. The molecule has 2 heterocycles. The molecule has 0 amide bonds. The zero-order chi connectivity index (χ0) is 14.8.